The number of rotatable bonds is 5. The van der Waals surface area contributed by atoms with E-state index in [1.807, 2.05) is 45.0 Å². The molecule has 2 N–H and O–H groups in total. The molecule has 2 aromatic carbocycles. The number of anilines is 2. The van der Waals surface area contributed by atoms with Crippen LogP contribution in [0, 0.1) is 0 Å². The van der Waals surface area contributed by atoms with Crippen molar-refractivity contribution in [3.8, 4) is 11.3 Å². The molecule has 2 heterocycles. The highest BCUT2D eigenvalue weighted by Gasteiger charge is 2.10. The third-order valence-corrected chi connectivity index (χ3v) is 4.82. The highest BCUT2D eigenvalue weighted by Crippen LogP contribution is 2.27. The SMILES string of the molecule is CC(C)(C)OC=O.Clc1cccc(Nc2ncc(-c3ccc(C4=CCNCC4)cc3)o2)c1. The zero-order valence-corrected chi connectivity index (χ0v) is 19.3. The molecule has 0 bridgehead atoms. The monoisotopic (exact) mass is 453 g/mol. The minimum Gasteiger partial charge on any atom is -0.462 e. The molecule has 4 rings (SSSR count). The quantitative estimate of drug-likeness (QED) is 0.456. The lowest BCUT2D eigenvalue weighted by atomic mass is 9.99. The van der Waals surface area contributed by atoms with Gasteiger partial charge in [-0.15, -0.1) is 0 Å². The van der Waals surface area contributed by atoms with Crippen LogP contribution in [0.15, 0.2) is 65.2 Å². The number of carbonyl (C=O) groups is 1. The molecular weight excluding hydrogens is 426 g/mol. The van der Waals surface area contributed by atoms with E-state index in [0.717, 1.165) is 36.5 Å². The van der Waals surface area contributed by atoms with Crippen molar-refractivity contribution in [3.63, 3.8) is 0 Å². The van der Waals surface area contributed by atoms with E-state index >= 15 is 0 Å². The van der Waals surface area contributed by atoms with Gasteiger partial charge in [-0.2, -0.15) is 0 Å². The Kier molecular flexibility index (Phi) is 8.09. The van der Waals surface area contributed by atoms with E-state index in [1.54, 1.807) is 6.20 Å². The summed E-state index contributed by atoms with van der Waals surface area (Å²) in [6, 6.07) is 16.3. The summed E-state index contributed by atoms with van der Waals surface area (Å²) in [5.41, 5.74) is 4.19. The van der Waals surface area contributed by atoms with Gasteiger partial charge in [0, 0.05) is 22.8 Å². The lowest BCUT2D eigenvalue weighted by Crippen LogP contribution is -2.19. The van der Waals surface area contributed by atoms with Crippen LogP contribution < -0.4 is 10.6 Å². The molecule has 0 radical (unpaired) electrons. The van der Waals surface area contributed by atoms with Crippen LogP contribution in [0.1, 0.15) is 32.8 Å². The first-order valence-corrected chi connectivity index (χ1v) is 10.8. The smallest absolute Gasteiger partial charge is 0.299 e. The number of hydrogen-bond donors (Lipinski definition) is 2. The first kappa shape index (κ1) is 23.6. The van der Waals surface area contributed by atoms with E-state index in [9.17, 15) is 4.79 Å². The largest absolute Gasteiger partial charge is 0.462 e. The molecule has 0 amide bonds. The molecule has 0 saturated heterocycles. The summed E-state index contributed by atoms with van der Waals surface area (Å²) in [7, 11) is 0. The Labute approximate surface area is 193 Å². The number of carbonyl (C=O) groups excluding carboxylic acids is 1. The average Bonchev–Trinajstić information content (AvgIpc) is 3.23. The Morgan fingerprint density at radius 2 is 1.91 bits per heavy atom. The number of oxazole rings is 1. The molecule has 1 aliphatic heterocycles. The van der Waals surface area contributed by atoms with Gasteiger partial charge in [-0.25, -0.2) is 4.98 Å². The van der Waals surface area contributed by atoms with Crippen LogP contribution in [0.2, 0.25) is 5.02 Å². The Morgan fingerprint density at radius 1 is 1.16 bits per heavy atom. The number of hydrogen-bond acceptors (Lipinski definition) is 6. The number of ether oxygens (including phenoxy) is 1. The lowest BCUT2D eigenvalue weighted by molar-refractivity contribution is -0.138. The van der Waals surface area contributed by atoms with Gasteiger partial charge < -0.3 is 19.8 Å². The summed E-state index contributed by atoms with van der Waals surface area (Å²) < 4.78 is 10.4. The first-order valence-electron chi connectivity index (χ1n) is 10.4. The third kappa shape index (κ3) is 7.25. The minimum absolute atomic E-state index is 0.318. The predicted molar refractivity (Wildman–Crippen MR) is 129 cm³/mol. The van der Waals surface area contributed by atoms with Gasteiger partial charge in [-0.3, -0.25) is 4.79 Å². The van der Waals surface area contributed by atoms with Crippen molar-refractivity contribution in [1.29, 1.82) is 0 Å². The summed E-state index contributed by atoms with van der Waals surface area (Å²) in [6.45, 7) is 7.90. The Bertz CT molecular complexity index is 1050. The second-order valence-electron chi connectivity index (χ2n) is 8.25. The normalized spacial score (nSPS) is 13.4. The topological polar surface area (TPSA) is 76.4 Å². The molecule has 0 aliphatic carbocycles. The summed E-state index contributed by atoms with van der Waals surface area (Å²) >= 11 is 5.99. The van der Waals surface area contributed by atoms with Gasteiger partial charge >= 0.3 is 0 Å². The number of aromatic nitrogens is 1. The molecule has 0 saturated carbocycles. The second kappa shape index (κ2) is 11.0. The zero-order chi connectivity index (χ0) is 23.0. The van der Waals surface area contributed by atoms with E-state index in [2.05, 4.69) is 50.7 Å². The summed E-state index contributed by atoms with van der Waals surface area (Å²) in [5, 5.41) is 7.12. The molecule has 168 valence electrons. The van der Waals surface area contributed by atoms with Gasteiger partial charge in [0.25, 0.3) is 12.5 Å². The Balaban J connectivity index is 0.000000360. The van der Waals surface area contributed by atoms with Crippen LogP contribution in [0.5, 0.6) is 0 Å². The van der Waals surface area contributed by atoms with Gasteiger partial charge in [-0.1, -0.05) is 48.0 Å². The maximum Gasteiger partial charge on any atom is 0.299 e. The van der Waals surface area contributed by atoms with Crippen molar-refractivity contribution in [2.75, 3.05) is 18.4 Å². The van der Waals surface area contributed by atoms with E-state index in [0.29, 0.717) is 17.5 Å². The van der Waals surface area contributed by atoms with Crippen molar-refractivity contribution in [1.82, 2.24) is 10.3 Å². The lowest BCUT2D eigenvalue weighted by Gasteiger charge is -2.14. The van der Waals surface area contributed by atoms with Crippen LogP contribution >= 0.6 is 11.6 Å². The van der Waals surface area contributed by atoms with E-state index in [1.165, 1.54) is 11.1 Å². The number of nitrogens with one attached hydrogen (secondary N) is 2. The van der Waals surface area contributed by atoms with Crippen LogP contribution in [0.3, 0.4) is 0 Å². The minimum atomic E-state index is -0.318. The van der Waals surface area contributed by atoms with E-state index < -0.39 is 0 Å². The average molecular weight is 454 g/mol. The second-order valence-corrected chi connectivity index (χ2v) is 8.69. The van der Waals surface area contributed by atoms with Crippen molar-refractivity contribution in [3.05, 3.63) is 71.4 Å². The Morgan fingerprint density at radius 3 is 2.50 bits per heavy atom. The predicted octanol–water partition coefficient (Wildman–Crippen LogP) is 6.07. The van der Waals surface area contributed by atoms with Crippen LogP contribution in [-0.2, 0) is 9.53 Å². The highest BCUT2D eigenvalue weighted by molar-refractivity contribution is 6.30. The van der Waals surface area contributed by atoms with E-state index in [4.69, 9.17) is 16.0 Å². The molecule has 0 atom stereocenters. The van der Waals surface area contributed by atoms with Crippen molar-refractivity contribution in [2.45, 2.75) is 32.8 Å². The third-order valence-electron chi connectivity index (χ3n) is 4.59. The molecule has 1 aliphatic rings. The number of nitrogens with zero attached hydrogens (tertiary/aromatic N) is 1. The van der Waals surface area contributed by atoms with Gasteiger partial charge in [0.15, 0.2) is 5.76 Å². The van der Waals surface area contributed by atoms with Crippen molar-refractivity contribution >= 4 is 35.3 Å². The fraction of sp³-hybridized carbons (Fsp3) is 0.280. The van der Waals surface area contributed by atoms with Crippen LogP contribution in [-0.4, -0.2) is 30.1 Å². The maximum absolute atomic E-state index is 9.60. The van der Waals surface area contributed by atoms with Gasteiger partial charge in [-0.05, 0) is 63.1 Å². The first-order chi connectivity index (χ1) is 15.3. The molecule has 32 heavy (non-hydrogen) atoms. The van der Waals surface area contributed by atoms with Gasteiger partial charge in [0.1, 0.15) is 5.60 Å². The summed E-state index contributed by atoms with van der Waals surface area (Å²) in [5.74, 6) is 0.732. The molecule has 3 aromatic rings. The summed E-state index contributed by atoms with van der Waals surface area (Å²) in [4.78, 5) is 13.9. The molecule has 0 spiro atoms. The van der Waals surface area contributed by atoms with Crippen LogP contribution in [0.25, 0.3) is 16.9 Å². The maximum atomic E-state index is 9.60. The van der Waals surface area contributed by atoms with Crippen molar-refractivity contribution < 1.29 is 13.9 Å². The van der Waals surface area contributed by atoms with E-state index in [-0.39, 0.29) is 5.60 Å². The standard InChI is InChI=1S/C20H18ClN3O.C5H10O2/c21-17-2-1-3-18(12-17)24-20-23-13-19(25-20)16-6-4-14(5-7-16)15-8-10-22-11-9-15;1-5(2,3)7-4-6/h1-8,12-13,22H,9-11H2,(H,23,24);4H,1-3H3. The molecule has 0 fully saturated rings. The zero-order valence-electron chi connectivity index (χ0n) is 18.5. The fourth-order valence-corrected chi connectivity index (χ4v) is 3.22. The van der Waals surface area contributed by atoms with Gasteiger partial charge in [0.2, 0.25) is 0 Å². The molecule has 1 aromatic heterocycles. The van der Waals surface area contributed by atoms with Crippen LogP contribution in [0.4, 0.5) is 11.7 Å². The molecule has 6 nitrogen and oxygen atoms in total. The Hall–Kier alpha value is -3.09. The van der Waals surface area contributed by atoms with Gasteiger partial charge in [0.05, 0.1) is 6.20 Å². The highest BCUT2D eigenvalue weighted by atomic mass is 35.5. The number of halogens is 1. The van der Waals surface area contributed by atoms with Crippen molar-refractivity contribution in [2.24, 2.45) is 0 Å². The fourth-order valence-electron chi connectivity index (χ4n) is 3.03. The molecular formula is C25H28ClN3O3. The summed E-state index contributed by atoms with van der Waals surface area (Å²) in [6.07, 6.45) is 5.04. The number of benzene rings is 2. The molecule has 0 unspecified atom stereocenters. The molecule has 7 heteroatoms.